The summed E-state index contributed by atoms with van der Waals surface area (Å²) in [6.45, 7) is 0. The van der Waals surface area contributed by atoms with Crippen LogP contribution < -0.4 is 4.18 Å². The fourth-order valence-electron chi connectivity index (χ4n) is 1.81. The van der Waals surface area contributed by atoms with Gasteiger partial charge in [0.2, 0.25) is 5.65 Å². The van der Waals surface area contributed by atoms with Crippen molar-refractivity contribution in [2.24, 2.45) is 0 Å². The molecule has 0 amide bonds. The number of fused-ring (bicyclic) bond motifs is 3. The van der Waals surface area contributed by atoms with E-state index >= 15 is 0 Å². The molecule has 0 aliphatic carbocycles. The van der Waals surface area contributed by atoms with Crippen LogP contribution >= 0.6 is 15.9 Å². The highest BCUT2D eigenvalue weighted by atomic mass is 79.9. The Kier molecular flexibility index (Phi) is 3.29. The van der Waals surface area contributed by atoms with Crippen molar-refractivity contribution in [2.75, 3.05) is 0 Å². The lowest BCUT2D eigenvalue weighted by Crippen LogP contribution is -2.28. The number of imidazole rings is 1. The van der Waals surface area contributed by atoms with Crippen LogP contribution in [-0.4, -0.2) is 28.3 Å². The maximum atomic E-state index is 12.4. The van der Waals surface area contributed by atoms with E-state index in [1.807, 2.05) is 0 Å². The molecule has 116 valence electrons. The Morgan fingerprint density at radius 1 is 1.27 bits per heavy atom. The van der Waals surface area contributed by atoms with E-state index in [1.54, 1.807) is 12.1 Å². The zero-order valence-electron chi connectivity index (χ0n) is 10.4. The van der Waals surface area contributed by atoms with Crippen LogP contribution in [0.3, 0.4) is 0 Å². The van der Waals surface area contributed by atoms with Gasteiger partial charge in [-0.3, -0.25) is 4.40 Å². The molecular formula is C11H5BrF3N3O3S. The third kappa shape index (κ3) is 2.39. The topological polar surface area (TPSA) is 73.6 Å². The van der Waals surface area contributed by atoms with E-state index < -0.39 is 21.5 Å². The highest BCUT2D eigenvalue weighted by molar-refractivity contribution is 9.10. The lowest BCUT2D eigenvalue weighted by Gasteiger charge is -2.10. The first-order valence-electron chi connectivity index (χ1n) is 5.62. The fraction of sp³-hybridized carbons (Fsp3) is 0.0909. The van der Waals surface area contributed by atoms with Crippen LogP contribution in [0.4, 0.5) is 13.2 Å². The Morgan fingerprint density at radius 3 is 2.68 bits per heavy atom. The van der Waals surface area contributed by atoms with E-state index in [1.165, 1.54) is 22.9 Å². The lowest BCUT2D eigenvalue weighted by atomic mass is 10.3. The number of benzene rings is 1. The van der Waals surface area contributed by atoms with Gasteiger partial charge in [-0.1, -0.05) is 15.9 Å². The van der Waals surface area contributed by atoms with Crippen LogP contribution in [0.1, 0.15) is 0 Å². The first kappa shape index (κ1) is 15.0. The van der Waals surface area contributed by atoms with Gasteiger partial charge in [-0.15, -0.1) is 0 Å². The zero-order valence-corrected chi connectivity index (χ0v) is 12.8. The average Bonchev–Trinajstić information content (AvgIpc) is 2.86. The Balaban J connectivity index is 2.26. The van der Waals surface area contributed by atoms with Crippen molar-refractivity contribution in [1.29, 1.82) is 0 Å². The first-order valence-corrected chi connectivity index (χ1v) is 7.82. The summed E-state index contributed by atoms with van der Waals surface area (Å²) in [7, 11) is -5.83. The molecule has 0 aliphatic rings. The predicted molar refractivity (Wildman–Crippen MR) is 73.8 cm³/mol. The second-order valence-corrected chi connectivity index (χ2v) is 6.61. The minimum Gasteiger partial charge on any atom is -0.351 e. The van der Waals surface area contributed by atoms with Crippen molar-refractivity contribution in [3.63, 3.8) is 0 Å². The van der Waals surface area contributed by atoms with Crippen molar-refractivity contribution in [1.82, 2.24) is 14.4 Å². The Bertz CT molecular complexity index is 985. The van der Waals surface area contributed by atoms with Gasteiger partial charge in [0.25, 0.3) is 5.88 Å². The number of alkyl halides is 3. The van der Waals surface area contributed by atoms with Gasteiger partial charge < -0.3 is 4.18 Å². The van der Waals surface area contributed by atoms with Crippen molar-refractivity contribution in [3.05, 3.63) is 35.1 Å². The molecule has 2 heterocycles. The van der Waals surface area contributed by atoms with Crippen LogP contribution in [0.2, 0.25) is 0 Å². The van der Waals surface area contributed by atoms with E-state index in [9.17, 15) is 21.6 Å². The molecule has 6 nitrogen and oxygen atoms in total. The summed E-state index contributed by atoms with van der Waals surface area (Å²) in [5.74, 6) is -0.743. The van der Waals surface area contributed by atoms with Gasteiger partial charge in [-0.25, -0.2) is 9.97 Å². The van der Waals surface area contributed by atoms with Gasteiger partial charge in [0.05, 0.1) is 11.0 Å². The molecule has 3 aromatic rings. The van der Waals surface area contributed by atoms with Crippen molar-refractivity contribution < 1.29 is 25.8 Å². The molecular weight excluding hydrogens is 391 g/mol. The van der Waals surface area contributed by atoms with Crippen LogP contribution in [0, 0.1) is 0 Å². The van der Waals surface area contributed by atoms with Crippen molar-refractivity contribution in [3.8, 4) is 5.88 Å². The molecule has 22 heavy (non-hydrogen) atoms. The molecule has 0 atom stereocenters. The minimum absolute atomic E-state index is 0.136. The number of hydrogen-bond donors (Lipinski definition) is 0. The van der Waals surface area contributed by atoms with Crippen molar-refractivity contribution >= 4 is 42.7 Å². The number of aromatic nitrogens is 3. The summed E-state index contributed by atoms with van der Waals surface area (Å²) in [6, 6.07) is 4.88. The van der Waals surface area contributed by atoms with Gasteiger partial charge >= 0.3 is 15.6 Å². The smallest absolute Gasteiger partial charge is 0.351 e. The summed E-state index contributed by atoms with van der Waals surface area (Å²) in [5, 5.41) is 0. The molecule has 0 bridgehead atoms. The fourth-order valence-corrected chi connectivity index (χ4v) is 2.58. The van der Waals surface area contributed by atoms with Gasteiger partial charge in [0.15, 0.2) is 0 Å². The molecule has 0 N–H and O–H groups in total. The maximum absolute atomic E-state index is 12.4. The van der Waals surface area contributed by atoms with E-state index in [-0.39, 0.29) is 11.2 Å². The molecule has 11 heteroatoms. The summed E-state index contributed by atoms with van der Waals surface area (Å²) < 4.78 is 65.8. The first-order chi connectivity index (χ1) is 10.2. The summed E-state index contributed by atoms with van der Waals surface area (Å²) in [4.78, 5) is 7.61. The second-order valence-electron chi connectivity index (χ2n) is 4.15. The highest BCUT2D eigenvalue weighted by Gasteiger charge is 2.49. The minimum atomic E-state index is -5.83. The molecule has 1 aromatic carbocycles. The number of hydrogen-bond acceptors (Lipinski definition) is 5. The van der Waals surface area contributed by atoms with E-state index in [0.29, 0.717) is 9.99 Å². The SMILES string of the molecule is O=S(=O)(Oc1nc2cc(Br)ccc2n2ccnc12)C(F)(F)F. The zero-order chi connectivity index (χ0) is 16.1. The normalized spacial score (nSPS) is 12.9. The molecule has 0 unspecified atom stereocenters. The standard InChI is InChI=1S/C11H5BrF3N3O3S/c12-6-1-2-8-7(5-6)17-10(9-16-3-4-18(8)9)21-22(19,20)11(13,14)15/h1-5H. The molecule has 0 aliphatic heterocycles. The van der Waals surface area contributed by atoms with Gasteiger partial charge in [-0.05, 0) is 18.2 Å². The van der Waals surface area contributed by atoms with Crippen LogP contribution in [-0.2, 0) is 10.1 Å². The number of nitrogens with zero attached hydrogens (tertiary/aromatic N) is 3. The van der Waals surface area contributed by atoms with Gasteiger partial charge in [0.1, 0.15) is 0 Å². The highest BCUT2D eigenvalue weighted by Crippen LogP contribution is 2.30. The third-order valence-corrected chi connectivity index (χ3v) is 4.16. The average molecular weight is 396 g/mol. The second kappa shape index (κ2) is 4.81. The Hall–Kier alpha value is -1.88. The summed E-state index contributed by atoms with van der Waals surface area (Å²) in [5.41, 5.74) is -4.91. The number of rotatable bonds is 2. The molecule has 0 fully saturated rings. The monoisotopic (exact) mass is 395 g/mol. The van der Waals surface area contributed by atoms with Crippen molar-refractivity contribution in [2.45, 2.75) is 5.51 Å². The quantitative estimate of drug-likeness (QED) is 0.492. The van der Waals surface area contributed by atoms with Gasteiger partial charge in [0, 0.05) is 16.9 Å². The Morgan fingerprint density at radius 2 is 2.00 bits per heavy atom. The molecule has 3 rings (SSSR count). The summed E-state index contributed by atoms with van der Waals surface area (Å²) in [6.07, 6.45) is 2.76. The molecule has 0 radical (unpaired) electrons. The molecule has 2 aromatic heterocycles. The largest absolute Gasteiger partial charge is 0.534 e. The van der Waals surface area contributed by atoms with Crippen LogP contribution in [0.15, 0.2) is 35.1 Å². The predicted octanol–water partition coefficient (Wildman–Crippen LogP) is 2.87. The molecule has 0 saturated heterocycles. The van der Waals surface area contributed by atoms with Crippen LogP contribution in [0.5, 0.6) is 5.88 Å². The van der Waals surface area contributed by atoms with Crippen LogP contribution in [0.25, 0.3) is 16.7 Å². The lowest BCUT2D eigenvalue weighted by molar-refractivity contribution is -0.0500. The molecule has 0 saturated carbocycles. The maximum Gasteiger partial charge on any atom is 0.534 e. The molecule has 0 spiro atoms. The van der Waals surface area contributed by atoms with E-state index in [0.717, 1.165) is 0 Å². The number of halogens is 4. The van der Waals surface area contributed by atoms with E-state index in [2.05, 4.69) is 30.1 Å². The van der Waals surface area contributed by atoms with Gasteiger partial charge in [-0.2, -0.15) is 21.6 Å². The third-order valence-electron chi connectivity index (χ3n) is 2.72. The van der Waals surface area contributed by atoms with E-state index in [4.69, 9.17) is 0 Å². The Labute approximate surface area is 129 Å². The summed E-state index contributed by atoms with van der Waals surface area (Å²) >= 11 is 3.20.